The number of carboxylic acids is 1. The van der Waals surface area contributed by atoms with E-state index in [9.17, 15) is 24.3 Å². The molecule has 1 amide bonds. The largest absolute Gasteiger partial charge is 0.481 e. The second-order valence-electron chi connectivity index (χ2n) is 21.8. The van der Waals surface area contributed by atoms with Crippen LogP contribution in [0.15, 0.2) is 35.5 Å². The molecule has 6 rings (SSSR count). The number of allylic oxidation sites excluding steroid dienone is 2. The summed E-state index contributed by atoms with van der Waals surface area (Å²) in [6.07, 6.45) is 10.6. The Morgan fingerprint density at radius 2 is 1.58 bits per heavy atom. The SMILES string of the molecule is CC(C)C1=C2[C@H]3CC[C@@H]4[C@@]5(C)CC[C@H](OC(=O)CC(C)(C)C(=O)O)C(C)(C)[C@]5(C)CC[C@@]4(C)[C@]3(C)CCC2(CCN(CCN(C)C)C(=O)c2ccccn2)CC1=O. The fraction of sp³-hybridized carbons (Fsp3) is 0.771. The summed E-state index contributed by atoms with van der Waals surface area (Å²) in [7, 11) is 4.07. The van der Waals surface area contributed by atoms with Gasteiger partial charge in [-0.2, -0.15) is 0 Å². The number of carbonyl (C=O) groups is 4. The van der Waals surface area contributed by atoms with Crippen LogP contribution >= 0.6 is 0 Å². The molecular formula is C48H73N3O6. The molecule has 316 valence electrons. The number of aliphatic carboxylic acids is 1. The minimum atomic E-state index is -1.18. The summed E-state index contributed by atoms with van der Waals surface area (Å²) in [5, 5.41) is 9.68. The number of carbonyl (C=O) groups excluding carboxylic acids is 3. The molecule has 57 heavy (non-hydrogen) atoms. The van der Waals surface area contributed by atoms with Gasteiger partial charge >= 0.3 is 11.9 Å². The highest BCUT2D eigenvalue weighted by atomic mass is 16.5. The molecule has 1 N–H and O–H groups in total. The number of likely N-dealkylation sites (N-methyl/N-ethyl adjacent to an activating group) is 1. The van der Waals surface area contributed by atoms with Crippen LogP contribution in [0.1, 0.15) is 150 Å². The minimum absolute atomic E-state index is 0.00805. The molecule has 9 heteroatoms. The van der Waals surface area contributed by atoms with E-state index in [0.717, 1.165) is 69.9 Å². The van der Waals surface area contributed by atoms with Crippen molar-refractivity contribution in [2.45, 2.75) is 146 Å². The van der Waals surface area contributed by atoms with Gasteiger partial charge in [0.15, 0.2) is 5.78 Å². The molecule has 0 radical (unpaired) electrons. The maximum atomic E-state index is 14.3. The molecule has 5 aliphatic rings. The van der Waals surface area contributed by atoms with Crippen molar-refractivity contribution in [3.8, 4) is 0 Å². The van der Waals surface area contributed by atoms with Gasteiger partial charge in [0.25, 0.3) is 5.91 Å². The van der Waals surface area contributed by atoms with Gasteiger partial charge in [0.2, 0.25) is 0 Å². The van der Waals surface area contributed by atoms with E-state index in [1.54, 1.807) is 26.1 Å². The number of aromatic nitrogens is 1. The number of hydrogen-bond donors (Lipinski definition) is 1. The average molecular weight is 788 g/mol. The molecule has 0 aliphatic heterocycles. The van der Waals surface area contributed by atoms with E-state index in [-0.39, 0.29) is 56.8 Å². The number of rotatable bonds is 12. The number of carboxylic acid groups (broad SMARTS) is 1. The first kappa shape index (κ1) is 43.5. The predicted octanol–water partition coefficient (Wildman–Crippen LogP) is 9.26. The van der Waals surface area contributed by atoms with Crippen molar-refractivity contribution in [1.82, 2.24) is 14.8 Å². The van der Waals surface area contributed by atoms with Crippen molar-refractivity contribution in [1.29, 1.82) is 0 Å². The Kier molecular flexibility index (Phi) is 11.4. The summed E-state index contributed by atoms with van der Waals surface area (Å²) >= 11 is 0. The molecule has 0 bridgehead atoms. The van der Waals surface area contributed by atoms with Crippen molar-refractivity contribution in [2.75, 3.05) is 33.7 Å². The number of nitrogens with zero attached hydrogens (tertiary/aromatic N) is 3. The summed E-state index contributed by atoms with van der Waals surface area (Å²) in [4.78, 5) is 61.8. The fourth-order valence-corrected chi connectivity index (χ4v) is 13.7. The Morgan fingerprint density at radius 3 is 2.19 bits per heavy atom. The van der Waals surface area contributed by atoms with Crippen molar-refractivity contribution in [2.24, 2.45) is 55.7 Å². The zero-order chi connectivity index (χ0) is 42.1. The Morgan fingerprint density at radius 1 is 0.895 bits per heavy atom. The Labute approximate surface area is 343 Å². The number of hydrogen-bond acceptors (Lipinski definition) is 7. The molecule has 4 saturated carbocycles. The molecule has 5 aliphatic carbocycles. The molecule has 1 heterocycles. The fourth-order valence-electron chi connectivity index (χ4n) is 13.7. The van der Waals surface area contributed by atoms with Crippen LogP contribution in [-0.2, 0) is 19.1 Å². The van der Waals surface area contributed by atoms with E-state index in [2.05, 4.69) is 65.3 Å². The maximum Gasteiger partial charge on any atom is 0.309 e. The molecule has 4 fully saturated rings. The summed E-state index contributed by atoms with van der Waals surface area (Å²) < 4.78 is 6.26. The van der Waals surface area contributed by atoms with Crippen LogP contribution in [0.2, 0.25) is 0 Å². The first-order valence-corrected chi connectivity index (χ1v) is 22.0. The van der Waals surface area contributed by atoms with Crippen LogP contribution in [0.3, 0.4) is 0 Å². The minimum Gasteiger partial charge on any atom is -0.481 e. The highest BCUT2D eigenvalue weighted by Crippen LogP contribution is 2.79. The average Bonchev–Trinajstić information content (AvgIpc) is 3.43. The van der Waals surface area contributed by atoms with Crippen LogP contribution in [0.4, 0.5) is 0 Å². The van der Waals surface area contributed by atoms with Gasteiger partial charge in [-0.05, 0) is 143 Å². The number of ether oxygens (including phenoxy) is 1. The lowest BCUT2D eigenvalue weighted by atomic mass is 9.29. The van der Waals surface area contributed by atoms with Crippen LogP contribution < -0.4 is 0 Å². The van der Waals surface area contributed by atoms with Gasteiger partial charge in [-0.3, -0.25) is 24.2 Å². The number of fused-ring (bicyclic) bond motifs is 7. The zero-order valence-electron chi connectivity index (χ0n) is 37.3. The van der Waals surface area contributed by atoms with Gasteiger partial charge in [0.1, 0.15) is 11.8 Å². The van der Waals surface area contributed by atoms with Crippen LogP contribution in [0, 0.1) is 55.7 Å². The molecule has 9 nitrogen and oxygen atoms in total. The number of amides is 1. The van der Waals surface area contributed by atoms with Crippen molar-refractivity contribution < 1.29 is 29.0 Å². The molecule has 1 aromatic heterocycles. The van der Waals surface area contributed by atoms with Crippen molar-refractivity contribution in [3.05, 3.63) is 41.2 Å². The quantitative estimate of drug-likeness (QED) is 0.209. The number of ketones is 1. The third-order valence-electron chi connectivity index (χ3n) is 17.9. The third-order valence-corrected chi connectivity index (χ3v) is 17.9. The second kappa shape index (κ2) is 14.9. The van der Waals surface area contributed by atoms with E-state index < -0.39 is 17.4 Å². The van der Waals surface area contributed by atoms with Crippen LogP contribution in [0.25, 0.3) is 0 Å². The lowest BCUT2D eigenvalue weighted by Crippen LogP contribution is -2.69. The van der Waals surface area contributed by atoms with Gasteiger partial charge in [-0.15, -0.1) is 0 Å². The molecule has 8 atom stereocenters. The first-order valence-electron chi connectivity index (χ1n) is 22.0. The Hall–Kier alpha value is -3.07. The standard InChI is InChI=1S/C48H73N3O6/c1-31(2)38-34(52)29-48(24-26-51(28-27-50(11)12)40(54)33-15-13-14-25-49-33)23-21-44(7)32(39(38)48)16-17-35-45(44,8)20-22-47(10)43(5,6)36(18-19-46(35,47)9)57-37(53)30-42(3,4)41(55)56/h13-15,25,31-32,35-36H,16-24,26-30H2,1-12H3,(H,55,56)/t32-,35+,36+,44-,45-,46-,47+,48?/m1/s1. The van der Waals surface area contributed by atoms with Gasteiger partial charge in [0, 0.05) is 43.1 Å². The summed E-state index contributed by atoms with van der Waals surface area (Å²) in [5.41, 5.74) is 1.23. The van der Waals surface area contributed by atoms with Crippen molar-refractivity contribution >= 4 is 23.6 Å². The smallest absolute Gasteiger partial charge is 0.309 e. The van der Waals surface area contributed by atoms with Gasteiger partial charge in [-0.25, -0.2) is 0 Å². The van der Waals surface area contributed by atoms with E-state index >= 15 is 0 Å². The predicted molar refractivity (Wildman–Crippen MR) is 223 cm³/mol. The van der Waals surface area contributed by atoms with E-state index in [1.807, 2.05) is 31.1 Å². The first-order chi connectivity index (χ1) is 26.4. The Balaban J connectivity index is 1.30. The highest BCUT2D eigenvalue weighted by molar-refractivity contribution is 6.00. The third kappa shape index (κ3) is 6.82. The van der Waals surface area contributed by atoms with Gasteiger partial charge in [0.05, 0.1) is 11.8 Å². The summed E-state index contributed by atoms with van der Waals surface area (Å²) in [6.45, 7) is 24.3. The van der Waals surface area contributed by atoms with E-state index in [4.69, 9.17) is 4.74 Å². The monoisotopic (exact) mass is 788 g/mol. The topological polar surface area (TPSA) is 117 Å². The maximum absolute atomic E-state index is 14.3. The molecule has 0 aromatic carbocycles. The molecule has 1 unspecified atom stereocenters. The summed E-state index contributed by atoms with van der Waals surface area (Å²) in [6, 6.07) is 5.51. The molecule has 0 saturated heterocycles. The van der Waals surface area contributed by atoms with Crippen molar-refractivity contribution in [3.63, 3.8) is 0 Å². The number of esters is 1. The van der Waals surface area contributed by atoms with Gasteiger partial charge in [-0.1, -0.05) is 67.0 Å². The second-order valence-corrected chi connectivity index (χ2v) is 21.8. The molecule has 0 spiro atoms. The number of Topliss-reactive ketones (excluding diaryl/α,β-unsaturated/α-hetero) is 1. The highest BCUT2D eigenvalue weighted by Gasteiger charge is 2.73. The van der Waals surface area contributed by atoms with E-state index in [0.29, 0.717) is 42.8 Å². The number of pyridine rings is 1. The lowest BCUT2D eigenvalue weighted by molar-refractivity contribution is -0.271. The molecular weight excluding hydrogens is 715 g/mol. The molecule has 1 aromatic rings. The van der Waals surface area contributed by atoms with E-state index in [1.165, 1.54) is 5.57 Å². The Bertz CT molecular complexity index is 1780. The zero-order valence-corrected chi connectivity index (χ0v) is 37.3. The van der Waals surface area contributed by atoms with Gasteiger partial charge < -0.3 is 19.6 Å². The van der Waals surface area contributed by atoms with Crippen LogP contribution in [0.5, 0.6) is 0 Å². The van der Waals surface area contributed by atoms with Crippen LogP contribution in [-0.4, -0.2) is 83.4 Å². The normalized spacial score (nSPS) is 36.0. The lowest BCUT2D eigenvalue weighted by Gasteiger charge is -2.75. The summed E-state index contributed by atoms with van der Waals surface area (Å²) in [5.74, 6) is -0.212.